The Hall–Kier alpha value is -1.10. The van der Waals surface area contributed by atoms with E-state index >= 15 is 0 Å². The molecule has 2 saturated heterocycles. The Bertz CT molecular complexity index is 619. The Labute approximate surface area is 184 Å². The first kappa shape index (κ1) is 23.6. The topological polar surface area (TPSA) is 61.4 Å². The second-order valence-electron chi connectivity index (χ2n) is 13.1. The van der Waals surface area contributed by atoms with E-state index in [4.69, 9.17) is 0 Å². The van der Waals surface area contributed by atoms with Crippen molar-refractivity contribution in [2.24, 2.45) is 16.7 Å². The lowest BCUT2D eigenvalue weighted by molar-refractivity contribution is -0.127. The van der Waals surface area contributed by atoms with Crippen LogP contribution < -0.4 is 10.6 Å². The molecule has 0 spiro atoms. The first-order valence-corrected chi connectivity index (χ1v) is 12.1. The SMILES string of the molecule is CC1(C)CC(NC(=O)CC2C[C@H]3CC[C@@H](C2)N3CC(=O)NC(C)(C)C)CC(C)(C)C1. The van der Waals surface area contributed by atoms with Crippen LogP contribution in [0.5, 0.6) is 0 Å². The Morgan fingerprint density at radius 2 is 1.47 bits per heavy atom. The van der Waals surface area contributed by atoms with Gasteiger partial charge >= 0.3 is 0 Å². The van der Waals surface area contributed by atoms with Gasteiger partial charge in [0.05, 0.1) is 6.54 Å². The molecule has 0 radical (unpaired) electrons. The van der Waals surface area contributed by atoms with Gasteiger partial charge < -0.3 is 10.6 Å². The van der Waals surface area contributed by atoms with Gasteiger partial charge in [0.2, 0.25) is 11.8 Å². The van der Waals surface area contributed by atoms with E-state index in [9.17, 15) is 9.59 Å². The van der Waals surface area contributed by atoms with Gasteiger partial charge in [-0.05, 0) is 82.5 Å². The maximum atomic E-state index is 12.9. The summed E-state index contributed by atoms with van der Waals surface area (Å²) in [5.41, 5.74) is 0.393. The zero-order valence-electron chi connectivity index (χ0n) is 20.4. The van der Waals surface area contributed by atoms with E-state index in [1.54, 1.807) is 0 Å². The van der Waals surface area contributed by atoms with Crippen molar-refractivity contribution in [1.29, 1.82) is 0 Å². The number of fused-ring (bicyclic) bond motifs is 2. The molecule has 0 aromatic carbocycles. The number of hydrogen-bond acceptors (Lipinski definition) is 3. The molecular formula is C25H45N3O2. The molecule has 172 valence electrons. The van der Waals surface area contributed by atoms with Gasteiger partial charge in [-0.2, -0.15) is 0 Å². The van der Waals surface area contributed by atoms with E-state index in [-0.39, 0.29) is 28.2 Å². The number of piperidine rings is 1. The molecule has 5 nitrogen and oxygen atoms in total. The fourth-order valence-electron chi connectivity index (χ4n) is 6.93. The van der Waals surface area contributed by atoms with Crippen molar-refractivity contribution in [2.75, 3.05) is 6.54 Å². The summed E-state index contributed by atoms with van der Waals surface area (Å²) >= 11 is 0. The van der Waals surface area contributed by atoms with Gasteiger partial charge in [-0.15, -0.1) is 0 Å². The lowest BCUT2D eigenvalue weighted by atomic mass is 9.63. The van der Waals surface area contributed by atoms with Gasteiger partial charge in [0.15, 0.2) is 0 Å². The molecule has 5 heteroatoms. The van der Waals surface area contributed by atoms with E-state index in [0.717, 1.165) is 38.5 Å². The predicted molar refractivity (Wildman–Crippen MR) is 122 cm³/mol. The van der Waals surface area contributed by atoms with E-state index in [0.29, 0.717) is 37.0 Å². The number of nitrogens with zero attached hydrogens (tertiary/aromatic N) is 1. The summed E-state index contributed by atoms with van der Waals surface area (Å²) in [6.45, 7) is 15.9. The van der Waals surface area contributed by atoms with Crippen LogP contribution in [0.2, 0.25) is 0 Å². The zero-order chi connectivity index (χ0) is 22.3. The average Bonchev–Trinajstić information content (AvgIpc) is 2.72. The molecule has 1 unspecified atom stereocenters. The highest BCUT2D eigenvalue weighted by Gasteiger charge is 2.43. The maximum absolute atomic E-state index is 12.9. The number of hydrogen-bond donors (Lipinski definition) is 2. The molecule has 3 aliphatic rings. The van der Waals surface area contributed by atoms with Crippen LogP contribution in [0.4, 0.5) is 0 Å². The standard InChI is InChI=1S/C25H45N3O2/c1-23(2,3)27-22(30)15-28-19-8-9-20(28)11-17(10-19)12-21(29)26-18-13-24(4,5)16-25(6,7)14-18/h17-20H,8-16H2,1-7H3,(H,26,29)(H,27,30)/t17?,19-,20+. The number of nitrogens with one attached hydrogen (secondary N) is 2. The number of amides is 2. The molecule has 2 bridgehead atoms. The minimum Gasteiger partial charge on any atom is -0.353 e. The van der Waals surface area contributed by atoms with Gasteiger partial charge in [-0.1, -0.05) is 27.7 Å². The van der Waals surface area contributed by atoms with Crippen molar-refractivity contribution in [3.63, 3.8) is 0 Å². The summed E-state index contributed by atoms with van der Waals surface area (Å²) in [7, 11) is 0. The van der Waals surface area contributed by atoms with E-state index in [1.165, 1.54) is 6.42 Å². The van der Waals surface area contributed by atoms with Gasteiger partial charge in [-0.25, -0.2) is 0 Å². The quantitative estimate of drug-likeness (QED) is 0.700. The zero-order valence-corrected chi connectivity index (χ0v) is 20.4. The second-order valence-corrected chi connectivity index (χ2v) is 13.1. The van der Waals surface area contributed by atoms with Crippen LogP contribution in [-0.4, -0.2) is 46.9 Å². The fourth-order valence-corrected chi connectivity index (χ4v) is 6.93. The monoisotopic (exact) mass is 419 g/mol. The smallest absolute Gasteiger partial charge is 0.234 e. The van der Waals surface area contributed by atoms with Crippen molar-refractivity contribution in [2.45, 2.75) is 123 Å². The van der Waals surface area contributed by atoms with Crippen molar-refractivity contribution in [3.05, 3.63) is 0 Å². The molecule has 2 aliphatic heterocycles. The molecule has 2 heterocycles. The largest absolute Gasteiger partial charge is 0.353 e. The van der Waals surface area contributed by atoms with Crippen molar-refractivity contribution < 1.29 is 9.59 Å². The summed E-state index contributed by atoms with van der Waals surface area (Å²) in [5.74, 6) is 0.809. The Morgan fingerprint density at radius 1 is 0.933 bits per heavy atom. The van der Waals surface area contributed by atoms with Gasteiger partial charge in [0.1, 0.15) is 0 Å². The highest BCUT2D eigenvalue weighted by molar-refractivity contribution is 5.79. The average molecular weight is 420 g/mol. The number of rotatable bonds is 5. The first-order valence-electron chi connectivity index (χ1n) is 12.1. The molecule has 2 amide bonds. The van der Waals surface area contributed by atoms with Crippen molar-refractivity contribution >= 4 is 11.8 Å². The molecule has 0 aromatic rings. The fraction of sp³-hybridized carbons (Fsp3) is 0.920. The third-order valence-electron chi connectivity index (χ3n) is 7.22. The van der Waals surface area contributed by atoms with E-state index in [1.807, 2.05) is 20.8 Å². The highest BCUT2D eigenvalue weighted by atomic mass is 16.2. The summed E-state index contributed by atoms with van der Waals surface area (Å²) in [6.07, 6.45) is 8.45. The normalized spacial score (nSPS) is 31.4. The van der Waals surface area contributed by atoms with Gasteiger partial charge in [0.25, 0.3) is 0 Å². The van der Waals surface area contributed by atoms with Crippen LogP contribution in [0.1, 0.15) is 99.8 Å². The van der Waals surface area contributed by atoms with E-state index in [2.05, 4.69) is 43.2 Å². The van der Waals surface area contributed by atoms with Crippen LogP contribution in [0.3, 0.4) is 0 Å². The van der Waals surface area contributed by atoms with Crippen LogP contribution in [0, 0.1) is 16.7 Å². The minimum absolute atomic E-state index is 0.123. The molecule has 3 rings (SSSR count). The van der Waals surface area contributed by atoms with Crippen LogP contribution in [0.25, 0.3) is 0 Å². The Balaban J connectivity index is 1.49. The van der Waals surface area contributed by atoms with Gasteiger partial charge in [-0.3, -0.25) is 14.5 Å². The summed E-state index contributed by atoms with van der Waals surface area (Å²) in [6, 6.07) is 1.22. The predicted octanol–water partition coefficient (Wildman–Crippen LogP) is 4.26. The van der Waals surface area contributed by atoms with E-state index < -0.39 is 0 Å². The number of carbonyl (C=O) groups is 2. The highest BCUT2D eigenvalue weighted by Crippen LogP contribution is 2.46. The van der Waals surface area contributed by atoms with Crippen molar-refractivity contribution in [1.82, 2.24) is 15.5 Å². The van der Waals surface area contributed by atoms with Gasteiger partial charge in [0, 0.05) is 30.1 Å². The molecule has 1 saturated carbocycles. The summed E-state index contributed by atoms with van der Waals surface area (Å²) in [4.78, 5) is 27.7. The number of carbonyl (C=O) groups excluding carboxylic acids is 2. The molecule has 30 heavy (non-hydrogen) atoms. The molecule has 3 atom stereocenters. The molecule has 1 aliphatic carbocycles. The second kappa shape index (κ2) is 8.44. The third-order valence-corrected chi connectivity index (χ3v) is 7.22. The Kier molecular flexibility index (Phi) is 6.63. The Morgan fingerprint density at radius 3 is 1.97 bits per heavy atom. The maximum Gasteiger partial charge on any atom is 0.234 e. The lowest BCUT2D eigenvalue weighted by Gasteiger charge is -2.45. The van der Waals surface area contributed by atoms with Crippen LogP contribution in [-0.2, 0) is 9.59 Å². The van der Waals surface area contributed by atoms with Crippen LogP contribution in [0.15, 0.2) is 0 Å². The molecule has 2 N–H and O–H groups in total. The van der Waals surface area contributed by atoms with Crippen molar-refractivity contribution in [3.8, 4) is 0 Å². The first-order chi connectivity index (χ1) is 13.7. The molecule has 0 aromatic heterocycles. The van der Waals surface area contributed by atoms with Crippen LogP contribution >= 0.6 is 0 Å². The lowest BCUT2D eigenvalue weighted by Crippen LogP contribution is -2.51. The molecule has 3 fully saturated rings. The summed E-state index contributed by atoms with van der Waals surface area (Å²) in [5, 5.41) is 6.47. The molecular weight excluding hydrogens is 374 g/mol. The third kappa shape index (κ3) is 6.45. The summed E-state index contributed by atoms with van der Waals surface area (Å²) < 4.78 is 0. The minimum atomic E-state index is -0.186.